The van der Waals surface area contributed by atoms with Gasteiger partial charge in [0.2, 0.25) is 0 Å². The number of rotatable bonds is 1. The summed E-state index contributed by atoms with van der Waals surface area (Å²) in [6, 6.07) is 0. The molecule has 0 aromatic rings. The van der Waals surface area contributed by atoms with Crippen LogP contribution in [0.25, 0.3) is 0 Å². The molecule has 0 amide bonds. The Balaban J connectivity index is 2.46. The van der Waals surface area contributed by atoms with Crippen LogP contribution in [0.2, 0.25) is 0 Å². The van der Waals surface area contributed by atoms with E-state index in [2.05, 4.69) is 4.52 Å². The number of phosphoric ester groups is 1. The van der Waals surface area contributed by atoms with Crippen LogP contribution in [0.4, 0.5) is 0 Å². The lowest BCUT2D eigenvalue weighted by Crippen LogP contribution is -2.18. The summed E-state index contributed by atoms with van der Waals surface area (Å²) in [5.41, 5.74) is 0. The zero-order valence-corrected chi connectivity index (χ0v) is 6.97. The minimum absolute atomic E-state index is 0.303. The first-order valence-corrected chi connectivity index (χ1v) is 4.57. The normalized spacial score (nSPS) is 41.6. The zero-order chi connectivity index (χ0) is 7.61. The lowest BCUT2D eigenvalue weighted by atomic mass is 10.2. The summed E-state index contributed by atoms with van der Waals surface area (Å²) < 4.78 is 25.3. The van der Waals surface area contributed by atoms with Gasteiger partial charge in [-0.15, -0.1) is 0 Å². The summed E-state index contributed by atoms with van der Waals surface area (Å²) >= 11 is 0. The third-order valence-electron chi connectivity index (χ3n) is 1.26. The first kappa shape index (κ1) is 8.21. The van der Waals surface area contributed by atoms with E-state index in [0.717, 1.165) is 0 Å². The van der Waals surface area contributed by atoms with E-state index in [0.29, 0.717) is 19.1 Å². The fraction of sp³-hybridized carbons (Fsp3) is 1.00. The molecule has 0 aromatic carbocycles. The maximum Gasteiger partial charge on any atom is 0.474 e. The van der Waals surface area contributed by atoms with Crippen molar-refractivity contribution in [1.29, 1.82) is 0 Å². The maximum atomic E-state index is 11.1. The van der Waals surface area contributed by atoms with E-state index in [1.165, 1.54) is 7.11 Å². The van der Waals surface area contributed by atoms with Crippen molar-refractivity contribution in [3.05, 3.63) is 0 Å². The average Bonchev–Trinajstić information content (AvgIpc) is 1.96. The van der Waals surface area contributed by atoms with Crippen molar-refractivity contribution in [3.63, 3.8) is 0 Å². The maximum absolute atomic E-state index is 11.1. The van der Waals surface area contributed by atoms with Gasteiger partial charge in [0.1, 0.15) is 0 Å². The molecule has 1 aliphatic heterocycles. The Bertz CT molecular complexity index is 146. The summed E-state index contributed by atoms with van der Waals surface area (Å²) in [6.45, 7) is 2.86. The van der Waals surface area contributed by atoms with Crippen LogP contribution < -0.4 is 0 Å². The van der Waals surface area contributed by atoms with Gasteiger partial charge in [0.25, 0.3) is 0 Å². The molecule has 0 aliphatic carbocycles. The van der Waals surface area contributed by atoms with Gasteiger partial charge < -0.3 is 0 Å². The Morgan fingerprint density at radius 1 is 1.50 bits per heavy atom. The highest BCUT2D eigenvalue weighted by molar-refractivity contribution is 7.48. The first-order valence-electron chi connectivity index (χ1n) is 3.11. The van der Waals surface area contributed by atoms with E-state index in [4.69, 9.17) is 9.05 Å². The molecule has 5 heteroatoms. The van der Waals surface area contributed by atoms with E-state index in [1.54, 1.807) is 0 Å². The van der Waals surface area contributed by atoms with Crippen LogP contribution in [-0.2, 0) is 18.1 Å². The molecule has 1 fully saturated rings. The molecule has 0 radical (unpaired) electrons. The van der Waals surface area contributed by atoms with Crippen molar-refractivity contribution in [1.82, 2.24) is 0 Å². The summed E-state index contributed by atoms with van der Waals surface area (Å²) in [6.07, 6.45) is 0. The zero-order valence-electron chi connectivity index (χ0n) is 6.07. The van der Waals surface area contributed by atoms with Crippen LogP contribution in [0.1, 0.15) is 6.92 Å². The van der Waals surface area contributed by atoms with Gasteiger partial charge in [0.05, 0.1) is 13.2 Å². The van der Waals surface area contributed by atoms with Gasteiger partial charge in [-0.1, -0.05) is 6.92 Å². The van der Waals surface area contributed by atoms with Crippen LogP contribution in [0, 0.1) is 5.92 Å². The van der Waals surface area contributed by atoms with Crippen LogP contribution in [-0.4, -0.2) is 20.3 Å². The summed E-state index contributed by atoms with van der Waals surface area (Å²) in [5.74, 6) is 0.303. The fourth-order valence-corrected chi connectivity index (χ4v) is 1.79. The predicted molar refractivity (Wildman–Crippen MR) is 35.7 cm³/mol. The molecule has 0 saturated carbocycles. The Kier molecular flexibility index (Phi) is 2.47. The number of hydrogen-bond donors (Lipinski definition) is 0. The smallest absolute Gasteiger partial charge is 0.290 e. The van der Waals surface area contributed by atoms with E-state index in [9.17, 15) is 4.57 Å². The second kappa shape index (κ2) is 3.01. The molecule has 0 atom stereocenters. The number of hydrogen-bond acceptors (Lipinski definition) is 4. The SMILES string of the molecule is COP1(=O)OCC(C)CO1. The van der Waals surface area contributed by atoms with Crippen molar-refractivity contribution >= 4 is 7.82 Å². The Labute approximate surface area is 60.1 Å². The van der Waals surface area contributed by atoms with Crippen LogP contribution in [0.5, 0.6) is 0 Å². The quantitative estimate of drug-likeness (QED) is 0.552. The van der Waals surface area contributed by atoms with Crippen molar-refractivity contribution in [2.75, 3.05) is 20.3 Å². The minimum atomic E-state index is -3.13. The van der Waals surface area contributed by atoms with Crippen LogP contribution in [0.15, 0.2) is 0 Å². The van der Waals surface area contributed by atoms with Crippen LogP contribution in [0.3, 0.4) is 0 Å². The lowest BCUT2D eigenvalue weighted by molar-refractivity contribution is 0.0548. The van der Waals surface area contributed by atoms with Gasteiger partial charge in [0, 0.05) is 13.0 Å². The lowest BCUT2D eigenvalue weighted by Gasteiger charge is -2.24. The Morgan fingerprint density at radius 3 is 2.40 bits per heavy atom. The monoisotopic (exact) mass is 166 g/mol. The van der Waals surface area contributed by atoms with Gasteiger partial charge in [-0.3, -0.25) is 13.6 Å². The molecule has 1 rings (SSSR count). The second-order valence-corrected chi connectivity index (χ2v) is 4.10. The standard InChI is InChI=1S/C5H11O4P/c1-5-3-8-10(6,7-2)9-4-5/h5H,3-4H2,1-2H3. The minimum Gasteiger partial charge on any atom is -0.290 e. The highest BCUT2D eigenvalue weighted by Crippen LogP contribution is 2.51. The molecule has 0 bridgehead atoms. The largest absolute Gasteiger partial charge is 0.474 e. The summed E-state index contributed by atoms with van der Waals surface area (Å²) in [4.78, 5) is 0. The van der Waals surface area contributed by atoms with Crippen molar-refractivity contribution in [2.45, 2.75) is 6.92 Å². The van der Waals surface area contributed by atoms with Gasteiger partial charge in [-0.05, 0) is 0 Å². The van der Waals surface area contributed by atoms with E-state index in [-0.39, 0.29) is 0 Å². The molecule has 0 N–H and O–H groups in total. The molecule has 0 spiro atoms. The molecule has 1 saturated heterocycles. The van der Waals surface area contributed by atoms with Gasteiger partial charge in [0.15, 0.2) is 0 Å². The topological polar surface area (TPSA) is 44.8 Å². The van der Waals surface area contributed by atoms with Crippen molar-refractivity contribution in [3.8, 4) is 0 Å². The van der Waals surface area contributed by atoms with Gasteiger partial charge in [-0.25, -0.2) is 4.57 Å². The fourth-order valence-electron chi connectivity index (χ4n) is 0.628. The Hall–Kier alpha value is 0.110. The van der Waals surface area contributed by atoms with E-state index >= 15 is 0 Å². The molecule has 4 nitrogen and oxygen atoms in total. The predicted octanol–water partition coefficient (Wildman–Crippen LogP) is 1.42. The molecule has 60 valence electrons. The first-order chi connectivity index (χ1) is 4.66. The molecule has 1 aliphatic rings. The highest BCUT2D eigenvalue weighted by atomic mass is 31.2. The second-order valence-electron chi connectivity index (χ2n) is 2.33. The average molecular weight is 166 g/mol. The summed E-state index contributed by atoms with van der Waals surface area (Å²) in [5, 5.41) is 0. The van der Waals surface area contributed by atoms with Crippen molar-refractivity contribution < 1.29 is 18.1 Å². The third-order valence-corrected chi connectivity index (χ3v) is 2.64. The molecular weight excluding hydrogens is 155 g/mol. The van der Waals surface area contributed by atoms with E-state index in [1.807, 2.05) is 6.92 Å². The third kappa shape index (κ3) is 1.80. The Morgan fingerprint density at radius 2 is 2.00 bits per heavy atom. The van der Waals surface area contributed by atoms with Gasteiger partial charge >= 0.3 is 7.82 Å². The van der Waals surface area contributed by atoms with Crippen LogP contribution >= 0.6 is 7.82 Å². The van der Waals surface area contributed by atoms with Gasteiger partial charge in [-0.2, -0.15) is 0 Å². The highest BCUT2D eigenvalue weighted by Gasteiger charge is 2.30. The van der Waals surface area contributed by atoms with E-state index < -0.39 is 7.82 Å². The molecule has 0 aromatic heterocycles. The number of phosphoric acid groups is 1. The molecule has 0 unspecified atom stereocenters. The molecule has 1 heterocycles. The summed E-state index contributed by atoms with van der Waals surface area (Å²) in [7, 11) is -1.82. The van der Waals surface area contributed by atoms with Crippen molar-refractivity contribution in [2.24, 2.45) is 5.92 Å². The molecular formula is C5H11O4P. The molecule has 10 heavy (non-hydrogen) atoms.